The summed E-state index contributed by atoms with van der Waals surface area (Å²) in [6.45, 7) is 1.75. The van der Waals surface area contributed by atoms with E-state index >= 15 is 0 Å². The molecule has 1 aromatic carbocycles. The van der Waals surface area contributed by atoms with Gasteiger partial charge in [-0.1, -0.05) is 11.8 Å². The van der Waals surface area contributed by atoms with Crippen molar-refractivity contribution in [2.45, 2.75) is 12.7 Å². The second kappa shape index (κ2) is 9.84. The third-order valence-electron chi connectivity index (χ3n) is 4.72. The quantitative estimate of drug-likeness (QED) is 0.439. The smallest absolute Gasteiger partial charge is 0.303 e. The number of amides is 1. The number of nitrogens with one attached hydrogen (secondary N) is 1. The number of carbonyl (C=O) groups is 1. The molecule has 184 valence electrons. The van der Waals surface area contributed by atoms with Crippen molar-refractivity contribution in [1.29, 1.82) is 0 Å². The number of benzene rings is 1. The molecule has 36 heavy (non-hydrogen) atoms. The summed E-state index contributed by atoms with van der Waals surface area (Å²) in [5, 5.41) is 18.5. The summed E-state index contributed by atoms with van der Waals surface area (Å²) in [5.74, 6) is -2.30. The predicted octanol–water partition coefficient (Wildman–Crippen LogP) is 1.05. The Kier molecular flexibility index (Phi) is 6.66. The van der Waals surface area contributed by atoms with Crippen molar-refractivity contribution in [3.05, 3.63) is 71.2 Å². The minimum absolute atomic E-state index is 0.00357. The number of sulfonamides is 1. The second-order valence-corrected chi connectivity index (χ2v) is 9.02. The minimum atomic E-state index is -4.23. The van der Waals surface area contributed by atoms with Crippen molar-refractivity contribution in [2.75, 3.05) is 14.2 Å². The molecule has 0 aliphatic carbocycles. The maximum Gasteiger partial charge on any atom is 0.303 e. The van der Waals surface area contributed by atoms with Gasteiger partial charge in [-0.15, -0.1) is 10.2 Å². The zero-order valence-electron chi connectivity index (χ0n) is 19.3. The van der Waals surface area contributed by atoms with E-state index in [0.717, 1.165) is 10.1 Å². The molecule has 0 unspecified atom stereocenters. The van der Waals surface area contributed by atoms with Crippen molar-refractivity contribution in [3.8, 4) is 17.2 Å². The van der Waals surface area contributed by atoms with Crippen LogP contribution in [0, 0.1) is 6.92 Å². The van der Waals surface area contributed by atoms with E-state index in [1.165, 1.54) is 50.9 Å². The average molecular weight is 510 g/mol. The lowest BCUT2D eigenvalue weighted by molar-refractivity contribution is 0.0969. The van der Waals surface area contributed by atoms with Gasteiger partial charge in [-0.05, 0) is 30.4 Å². The molecule has 1 aliphatic heterocycles. The summed E-state index contributed by atoms with van der Waals surface area (Å²) in [6.07, 6.45) is 4.35. The molecular weight excluding hydrogens is 490 g/mol. The first-order valence-corrected chi connectivity index (χ1v) is 11.9. The van der Waals surface area contributed by atoms with E-state index in [2.05, 4.69) is 36.6 Å². The molecule has 0 fully saturated rings. The number of hydrogen-bond donors (Lipinski definition) is 2. The molecule has 2 N–H and O–H groups in total. The van der Waals surface area contributed by atoms with Crippen molar-refractivity contribution in [1.82, 2.24) is 29.5 Å². The molecule has 13 nitrogen and oxygen atoms in total. The number of aliphatic imine (C=N–C) groups is 1. The van der Waals surface area contributed by atoms with Gasteiger partial charge in [-0.25, -0.2) is 28.1 Å². The van der Waals surface area contributed by atoms with Crippen molar-refractivity contribution >= 4 is 27.5 Å². The number of phenols is 1. The Hall–Kier alpha value is -4.77. The molecule has 0 atom stereocenters. The van der Waals surface area contributed by atoms with Gasteiger partial charge in [0.2, 0.25) is 21.7 Å². The molecule has 1 aliphatic rings. The zero-order valence-corrected chi connectivity index (χ0v) is 20.1. The molecule has 0 radical (unpaired) electrons. The summed E-state index contributed by atoms with van der Waals surface area (Å²) in [5.41, 5.74) is 6.23. The van der Waals surface area contributed by atoms with E-state index in [9.17, 15) is 18.3 Å². The zero-order chi connectivity index (χ0) is 25.9. The molecule has 3 heterocycles. The maximum absolute atomic E-state index is 13.1. The number of hydrogen-bond acceptors (Lipinski definition) is 11. The molecule has 4 rings (SSSR count). The monoisotopic (exact) mass is 509 g/mol. The largest absolute Gasteiger partial charge is 0.506 e. The van der Waals surface area contributed by atoms with Crippen molar-refractivity contribution in [3.63, 3.8) is 0 Å². The fourth-order valence-corrected chi connectivity index (χ4v) is 4.07. The number of para-hydroxylation sites is 1. The molecule has 14 heteroatoms. The lowest BCUT2D eigenvalue weighted by atomic mass is 10.2. The van der Waals surface area contributed by atoms with Crippen molar-refractivity contribution < 1.29 is 27.8 Å². The SMILES string of the molecule is COC1=NC(c2nnc(C(=O)NS(=O)(=O)Cc3ncc(C)cn3)n2-c2c(O)cccc2OC)=C=C=C1. The summed E-state index contributed by atoms with van der Waals surface area (Å²) in [7, 11) is -1.47. The van der Waals surface area contributed by atoms with Gasteiger partial charge >= 0.3 is 5.91 Å². The molecule has 1 amide bonds. The molecule has 0 saturated carbocycles. The van der Waals surface area contributed by atoms with Gasteiger partial charge in [0, 0.05) is 12.4 Å². The van der Waals surface area contributed by atoms with Crippen LogP contribution >= 0.6 is 0 Å². The van der Waals surface area contributed by atoms with Crippen LogP contribution in [-0.4, -0.2) is 64.3 Å². The summed E-state index contributed by atoms with van der Waals surface area (Å²) in [4.78, 5) is 25.3. The van der Waals surface area contributed by atoms with Gasteiger partial charge in [0.15, 0.2) is 11.5 Å². The highest BCUT2D eigenvalue weighted by Gasteiger charge is 2.29. The summed E-state index contributed by atoms with van der Waals surface area (Å²) < 4.78 is 38.9. The van der Waals surface area contributed by atoms with Crippen LogP contribution in [-0.2, 0) is 20.5 Å². The van der Waals surface area contributed by atoms with Crippen LogP contribution in [0.5, 0.6) is 11.5 Å². The molecule has 0 spiro atoms. The number of aryl methyl sites for hydroxylation is 1. The Morgan fingerprint density at radius 1 is 1.17 bits per heavy atom. The molecule has 2 aromatic heterocycles. The van der Waals surface area contributed by atoms with Crippen LogP contribution in [0.2, 0.25) is 0 Å². The van der Waals surface area contributed by atoms with Crippen LogP contribution in [0.15, 0.2) is 53.1 Å². The summed E-state index contributed by atoms with van der Waals surface area (Å²) >= 11 is 0. The number of nitrogens with zero attached hydrogens (tertiary/aromatic N) is 6. The number of rotatable bonds is 7. The fourth-order valence-electron chi connectivity index (χ4n) is 3.13. The second-order valence-electron chi connectivity index (χ2n) is 7.29. The fraction of sp³-hybridized carbons (Fsp3) is 0.182. The third kappa shape index (κ3) is 5.00. The number of aromatic nitrogens is 5. The Labute approximate surface area is 205 Å². The molecule has 3 aromatic rings. The van der Waals surface area contributed by atoms with Crippen LogP contribution in [0.1, 0.15) is 27.8 Å². The van der Waals surface area contributed by atoms with Gasteiger partial charge < -0.3 is 14.6 Å². The first kappa shape index (κ1) is 24.4. The molecule has 0 saturated heterocycles. The van der Waals surface area contributed by atoms with E-state index in [1.807, 2.05) is 4.72 Å². The number of carbonyl (C=O) groups excluding carboxylic acids is 1. The first-order valence-electron chi connectivity index (χ1n) is 10.2. The number of phenolic OH excluding ortho intramolecular Hbond substituents is 1. The number of methoxy groups -OCH3 is 2. The average Bonchev–Trinajstić information content (AvgIpc) is 3.29. The van der Waals surface area contributed by atoms with Crippen LogP contribution in [0.4, 0.5) is 0 Å². The van der Waals surface area contributed by atoms with Gasteiger partial charge in [-0.3, -0.25) is 9.36 Å². The van der Waals surface area contributed by atoms with Gasteiger partial charge in [-0.2, -0.15) is 0 Å². The van der Waals surface area contributed by atoms with Crippen molar-refractivity contribution in [2.24, 2.45) is 4.99 Å². The Morgan fingerprint density at radius 2 is 1.92 bits per heavy atom. The third-order valence-corrected chi connectivity index (χ3v) is 5.85. The Morgan fingerprint density at radius 3 is 2.61 bits per heavy atom. The number of aromatic hydroxyl groups is 1. The minimum Gasteiger partial charge on any atom is -0.506 e. The van der Waals surface area contributed by atoms with Crippen LogP contribution in [0.25, 0.3) is 11.4 Å². The number of ether oxygens (including phenoxy) is 2. The van der Waals surface area contributed by atoms with E-state index in [-0.39, 0.29) is 40.4 Å². The highest BCUT2D eigenvalue weighted by molar-refractivity contribution is 7.89. The Balaban J connectivity index is 1.80. The van der Waals surface area contributed by atoms with Gasteiger partial charge in [0.1, 0.15) is 28.8 Å². The molecular formula is C22H19N7O6S. The van der Waals surface area contributed by atoms with Gasteiger partial charge in [0.25, 0.3) is 0 Å². The topological polar surface area (TPSA) is 171 Å². The summed E-state index contributed by atoms with van der Waals surface area (Å²) in [6, 6.07) is 4.40. The Bertz CT molecular complexity index is 1580. The lowest BCUT2D eigenvalue weighted by Gasteiger charge is -2.15. The lowest BCUT2D eigenvalue weighted by Crippen LogP contribution is -2.34. The molecule has 0 bridgehead atoms. The van der Waals surface area contributed by atoms with Gasteiger partial charge in [0.05, 0.1) is 20.3 Å². The normalized spacial score (nSPS) is 12.6. The first-order chi connectivity index (χ1) is 17.2. The highest BCUT2D eigenvalue weighted by Crippen LogP contribution is 2.34. The highest BCUT2D eigenvalue weighted by atomic mass is 32.2. The standard InChI is InChI=1S/C22H19N7O6S/c1-13-10-23-17(24-11-13)12-36(32,33)28-22(31)21-27-26-20(14-6-4-9-18(25-14)35-3)29(21)19-15(30)7-5-8-16(19)34-2/h5,7-11,30H,12H2,1-3H3,(H,28,31). The van der Waals surface area contributed by atoms with E-state index in [4.69, 9.17) is 9.47 Å². The van der Waals surface area contributed by atoms with E-state index in [1.54, 1.807) is 6.92 Å². The van der Waals surface area contributed by atoms with Crippen LogP contribution in [0.3, 0.4) is 0 Å². The van der Waals surface area contributed by atoms with Crippen LogP contribution < -0.4 is 9.46 Å². The van der Waals surface area contributed by atoms with E-state index in [0.29, 0.717) is 0 Å². The maximum atomic E-state index is 13.1. The predicted molar refractivity (Wildman–Crippen MR) is 126 cm³/mol. The van der Waals surface area contributed by atoms with E-state index < -0.39 is 27.5 Å².